The molecule has 0 spiro atoms. The normalized spacial score (nSPS) is 10.1. The van der Waals surface area contributed by atoms with Crippen LogP contribution in [0.15, 0.2) is 36.5 Å². The summed E-state index contributed by atoms with van der Waals surface area (Å²) in [6.45, 7) is 1.93. The van der Waals surface area contributed by atoms with E-state index in [1.165, 1.54) is 7.11 Å². The predicted octanol–water partition coefficient (Wildman–Crippen LogP) is 2.16. The van der Waals surface area contributed by atoms with E-state index in [-0.39, 0.29) is 12.3 Å². The number of pyridine rings is 1. The van der Waals surface area contributed by atoms with Crippen LogP contribution in [0, 0.1) is 6.92 Å². The van der Waals surface area contributed by atoms with Gasteiger partial charge in [0, 0.05) is 18.0 Å². The molecule has 0 aliphatic heterocycles. The van der Waals surface area contributed by atoms with E-state index in [1.807, 2.05) is 19.1 Å². The van der Waals surface area contributed by atoms with Crippen LogP contribution in [0.4, 0.5) is 11.4 Å². The van der Waals surface area contributed by atoms with Gasteiger partial charge in [0.25, 0.3) is 0 Å². The minimum Gasteiger partial charge on any atom is -0.495 e. The maximum Gasteiger partial charge on any atom is 0.230 e. The van der Waals surface area contributed by atoms with Gasteiger partial charge < -0.3 is 15.8 Å². The van der Waals surface area contributed by atoms with Crippen LogP contribution in [0.1, 0.15) is 11.3 Å². The molecule has 1 amide bonds. The largest absolute Gasteiger partial charge is 0.495 e. The van der Waals surface area contributed by atoms with E-state index in [2.05, 4.69) is 10.3 Å². The molecule has 104 valence electrons. The zero-order valence-corrected chi connectivity index (χ0v) is 11.5. The second-order valence-electron chi connectivity index (χ2n) is 4.45. The molecule has 0 radical (unpaired) electrons. The number of carbonyl (C=O) groups is 1. The van der Waals surface area contributed by atoms with E-state index in [9.17, 15) is 4.79 Å². The third-order valence-electron chi connectivity index (χ3n) is 2.96. The molecule has 0 aliphatic carbocycles. The first-order chi connectivity index (χ1) is 9.60. The van der Waals surface area contributed by atoms with Gasteiger partial charge in [-0.2, -0.15) is 0 Å². The number of nitrogens with zero attached hydrogens (tertiary/aromatic N) is 1. The van der Waals surface area contributed by atoms with Crippen LogP contribution in [0.25, 0.3) is 0 Å². The molecular weight excluding hydrogens is 254 g/mol. The Hall–Kier alpha value is -2.56. The molecule has 1 aromatic carbocycles. The minimum atomic E-state index is -0.126. The van der Waals surface area contributed by atoms with Gasteiger partial charge in [0.2, 0.25) is 5.91 Å². The number of rotatable bonds is 4. The lowest BCUT2D eigenvalue weighted by atomic mass is 10.1. The average Bonchev–Trinajstić information content (AvgIpc) is 2.43. The van der Waals surface area contributed by atoms with Crippen LogP contribution in [-0.4, -0.2) is 18.0 Å². The summed E-state index contributed by atoms with van der Waals surface area (Å²) in [5, 5.41) is 2.81. The fourth-order valence-corrected chi connectivity index (χ4v) is 1.85. The highest BCUT2D eigenvalue weighted by molar-refractivity contribution is 5.92. The van der Waals surface area contributed by atoms with Gasteiger partial charge in [-0.1, -0.05) is 6.07 Å². The van der Waals surface area contributed by atoms with Crippen molar-refractivity contribution in [3.63, 3.8) is 0 Å². The number of ether oxygens (including phenoxy) is 1. The number of methoxy groups -OCH3 is 1. The van der Waals surface area contributed by atoms with Crippen molar-refractivity contribution in [2.45, 2.75) is 13.3 Å². The Balaban J connectivity index is 2.07. The van der Waals surface area contributed by atoms with Gasteiger partial charge in [-0.15, -0.1) is 0 Å². The van der Waals surface area contributed by atoms with E-state index in [1.54, 1.807) is 24.4 Å². The zero-order valence-electron chi connectivity index (χ0n) is 11.5. The highest BCUT2D eigenvalue weighted by Gasteiger charge is 2.08. The van der Waals surface area contributed by atoms with Crippen LogP contribution in [0.3, 0.4) is 0 Å². The summed E-state index contributed by atoms with van der Waals surface area (Å²) < 4.78 is 5.12. The second kappa shape index (κ2) is 6.06. The molecule has 0 atom stereocenters. The molecule has 2 rings (SSSR count). The number of hydrogen-bond donors (Lipinski definition) is 2. The van der Waals surface area contributed by atoms with Gasteiger partial charge in [-0.25, -0.2) is 0 Å². The number of aryl methyl sites for hydroxylation is 1. The van der Waals surface area contributed by atoms with Crippen molar-refractivity contribution < 1.29 is 9.53 Å². The van der Waals surface area contributed by atoms with Gasteiger partial charge in [0.05, 0.1) is 24.9 Å². The summed E-state index contributed by atoms with van der Waals surface area (Å²) in [7, 11) is 1.54. The predicted molar refractivity (Wildman–Crippen MR) is 78.7 cm³/mol. The number of nitrogens with one attached hydrogen (secondary N) is 1. The monoisotopic (exact) mass is 271 g/mol. The third-order valence-corrected chi connectivity index (χ3v) is 2.96. The number of carbonyl (C=O) groups excluding carboxylic acids is 1. The van der Waals surface area contributed by atoms with Gasteiger partial charge in [0.15, 0.2) is 0 Å². The molecule has 20 heavy (non-hydrogen) atoms. The first-order valence-corrected chi connectivity index (χ1v) is 6.24. The van der Waals surface area contributed by atoms with Gasteiger partial charge in [0.1, 0.15) is 5.75 Å². The third kappa shape index (κ3) is 3.26. The number of aromatic nitrogens is 1. The van der Waals surface area contributed by atoms with Crippen molar-refractivity contribution in [1.29, 1.82) is 0 Å². The Labute approximate surface area is 117 Å². The lowest BCUT2D eigenvalue weighted by Crippen LogP contribution is -2.16. The fourth-order valence-electron chi connectivity index (χ4n) is 1.85. The summed E-state index contributed by atoms with van der Waals surface area (Å²) in [6, 6.07) is 8.91. The summed E-state index contributed by atoms with van der Waals surface area (Å²) in [4.78, 5) is 16.2. The van der Waals surface area contributed by atoms with Crippen LogP contribution < -0.4 is 15.8 Å². The molecular formula is C15H17N3O2. The van der Waals surface area contributed by atoms with Crippen molar-refractivity contribution >= 4 is 17.3 Å². The van der Waals surface area contributed by atoms with E-state index >= 15 is 0 Å². The summed E-state index contributed by atoms with van der Waals surface area (Å²) >= 11 is 0. The summed E-state index contributed by atoms with van der Waals surface area (Å²) in [5.41, 5.74) is 8.68. The molecule has 0 saturated carbocycles. The smallest absolute Gasteiger partial charge is 0.230 e. The van der Waals surface area contributed by atoms with Gasteiger partial charge in [-0.05, 0) is 30.7 Å². The van der Waals surface area contributed by atoms with Crippen molar-refractivity contribution in [3.05, 3.63) is 47.8 Å². The zero-order chi connectivity index (χ0) is 14.5. The number of benzene rings is 1. The van der Waals surface area contributed by atoms with Crippen LogP contribution in [0.2, 0.25) is 0 Å². The average molecular weight is 271 g/mol. The SMILES string of the molecule is COc1cc(NC(=O)Cc2ncccc2C)ccc1N. The molecule has 0 saturated heterocycles. The second-order valence-corrected chi connectivity index (χ2v) is 4.45. The molecule has 0 fully saturated rings. The Bertz CT molecular complexity index is 626. The van der Waals surface area contributed by atoms with E-state index < -0.39 is 0 Å². The molecule has 0 bridgehead atoms. The number of anilines is 2. The maximum absolute atomic E-state index is 12.0. The van der Waals surface area contributed by atoms with E-state index in [4.69, 9.17) is 10.5 Å². The van der Waals surface area contributed by atoms with E-state index in [0.717, 1.165) is 11.3 Å². The minimum absolute atomic E-state index is 0.126. The van der Waals surface area contributed by atoms with Crippen LogP contribution in [-0.2, 0) is 11.2 Å². The lowest BCUT2D eigenvalue weighted by molar-refractivity contribution is -0.115. The number of nitrogens with two attached hydrogens (primary N) is 1. The number of amides is 1. The van der Waals surface area contributed by atoms with Crippen molar-refractivity contribution in [2.75, 3.05) is 18.2 Å². The first-order valence-electron chi connectivity index (χ1n) is 6.24. The van der Waals surface area contributed by atoms with E-state index in [0.29, 0.717) is 17.1 Å². The Morgan fingerprint density at radius 3 is 2.90 bits per heavy atom. The molecule has 1 heterocycles. The van der Waals surface area contributed by atoms with Gasteiger partial charge >= 0.3 is 0 Å². The molecule has 0 unspecified atom stereocenters. The highest BCUT2D eigenvalue weighted by atomic mass is 16.5. The molecule has 2 aromatic rings. The Kier molecular flexibility index (Phi) is 4.20. The maximum atomic E-state index is 12.0. The quantitative estimate of drug-likeness (QED) is 0.835. The summed E-state index contributed by atoms with van der Waals surface area (Å²) in [6.07, 6.45) is 1.92. The lowest BCUT2D eigenvalue weighted by Gasteiger charge is -2.09. The topological polar surface area (TPSA) is 77.2 Å². The standard InChI is InChI=1S/C15H17N3O2/c1-10-4-3-7-17-13(10)9-15(19)18-11-5-6-12(16)14(8-11)20-2/h3-8H,9,16H2,1-2H3,(H,18,19). The first kappa shape index (κ1) is 13.9. The summed E-state index contributed by atoms with van der Waals surface area (Å²) in [5.74, 6) is 0.412. The Morgan fingerprint density at radius 2 is 2.20 bits per heavy atom. The van der Waals surface area contributed by atoms with Crippen molar-refractivity contribution in [1.82, 2.24) is 4.98 Å². The molecule has 1 aromatic heterocycles. The highest BCUT2D eigenvalue weighted by Crippen LogP contribution is 2.25. The van der Waals surface area contributed by atoms with Crippen molar-refractivity contribution in [2.24, 2.45) is 0 Å². The Morgan fingerprint density at radius 1 is 1.40 bits per heavy atom. The molecule has 5 nitrogen and oxygen atoms in total. The van der Waals surface area contributed by atoms with Gasteiger partial charge in [-0.3, -0.25) is 9.78 Å². The van der Waals surface area contributed by atoms with Crippen LogP contribution in [0.5, 0.6) is 5.75 Å². The number of nitrogen functional groups attached to an aromatic ring is 1. The molecule has 3 N–H and O–H groups in total. The number of hydrogen-bond acceptors (Lipinski definition) is 4. The molecule has 0 aliphatic rings. The fraction of sp³-hybridized carbons (Fsp3) is 0.200. The molecule has 5 heteroatoms. The van der Waals surface area contributed by atoms with Crippen molar-refractivity contribution in [3.8, 4) is 5.75 Å². The van der Waals surface area contributed by atoms with Crippen LogP contribution >= 0.6 is 0 Å².